The van der Waals surface area contributed by atoms with E-state index in [0.29, 0.717) is 12.1 Å². The number of aromatic carboxylic acids is 1. The summed E-state index contributed by atoms with van der Waals surface area (Å²) in [5.41, 5.74) is 1.38. The molecule has 0 unspecified atom stereocenters. The van der Waals surface area contributed by atoms with Crippen LogP contribution < -0.4 is 10.2 Å². The maximum Gasteiger partial charge on any atom is 0.335 e. The summed E-state index contributed by atoms with van der Waals surface area (Å²) in [7, 11) is 0. The van der Waals surface area contributed by atoms with Crippen LogP contribution in [0.25, 0.3) is 0 Å². The molecular weight excluding hydrogens is 298 g/mol. The summed E-state index contributed by atoms with van der Waals surface area (Å²) in [6, 6.07) is 6.93. The Balaban J connectivity index is 1.84. The molecule has 0 aliphatic carbocycles. The Morgan fingerprint density at radius 3 is 2.50 bits per heavy atom. The molecule has 1 aromatic carbocycles. The van der Waals surface area contributed by atoms with Crippen LogP contribution >= 0.6 is 11.3 Å². The second kappa shape index (κ2) is 7.91. The van der Waals surface area contributed by atoms with Crippen LogP contribution in [0.15, 0.2) is 30.5 Å². The largest absolute Gasteiger partial charge is 0.478 e. The average molecular weight is 319 g/mol. The molecule has 118 valence electrons. The zero-order valence-electron chi connectivity index (χ0n) is 12.9. The van der Waals surface area contributed by atoms with E-state index in [0.717, 1.165) is 30.3 Å². The molecular formula is C16H21N3O2S. The highest BCUT2D eigenvalue weighted by molar-refractivity contribution is 7.15. The van der Waals surface area contributed by atoms with E-state index < -0.39 is 5.97 Å². The third-order valence-electron chi connectivity index (χ3n) is 3.40. The third kappa shape index (κ3) is 4.29. The topological polar surface area (TPSA) is 65.5 Å². The summed E-state index contributed by atoms with van der Waals surface area (Å²) in [4.78, 5) is 18.7. The van der Waals surface area contributed by atoms with Crippen molar-refractivity contribution >= 4 is 22.4 Å². The van der Waals surface area contributed by atoms with Gasteiger partial charge < -0.3 is 15.3 Å². The fourth-order valence-electron chi connectivity index (χ4n) is 2.11. The van der Waals surface area contributed by atoms with Crippen molar-refractivity contribution in [2.24, 2.45) is 0 Å². The van der Waals surface area contributed by atoms with E-state index in [4.69, 9.17) is 5.11 Å². The van der Waals surface area contributed by atoms with Crippen molar-refractivity contribution in [3.63, 3.8) is 0 Å². The number of benzene rings is 1. The minimum Gasteiger partial charge on any atom is -0.478 e. The highest BCUT2D eigenvalue weighted by atomic mass is 32.1. The van der Waals surface area contributed by atoms with Crippen LogP contribution in [0.5, 0.6) is 0 Å². The molecule has 6 heteroatoms. The van der Waals surface area contributed by atoms with E-state index >= 15 is 0 Å². The molecule has 0 saturated carbocycles. The van der Waals surface area contributed by atoms with Crippen molar-refractivity contribution in [3.8, 4) is 0 Å². The van der Waals surface area contributed by atoms with Crippen LogP contribution in [0.4, 0.5) is 5.13 Å². The second-order valence-corrected chi connectivity index (χ2v) is 5.98. The van der Waals surface area contributed by atoms with E-state index in [1.54, 1.807) is 23.5 Å². The summed E-state index contributed by atoms with van der Waals surface area (Å²) in [5, 5.41) is 13.3. The molecule has 0 aliphatic rings. The molecule has 1 heterocycles. The number of nitrogens with one attached hydrogen (secondary N) is 1. The molecule has 0 radical (unpaired) electrons. The number of carbonyl (C=O) groups is 1. The first kappa shape index (κ1) is 16.5. The minimum absolute atomic E-state index is 0.315. The normalized spacial score (nSPS) is 10.6. The first-order valence-electron chi connectivity index (χ1n) is 7.36. The van der Waals surface area contributed by atoms with Crippen molar-refractivity contribution in [3.05, 3.63) is 46.5 Å². The summed E-state index contributed by atoms with van der Waals surface area (Å²) in [6.07, 6.45) is 1.92. The molecule has 5 nitrogen and oxygen atoms in total. The Morgan fingerprint density at radius 1 is 1.23 bits per heavy atom. The number of carboxylic acids is 1. The van der Waals surface area contributed by atoms with Crippen molar-refractivity contribution in [2.75, 3.05) is 18.0 Å². The van der Waals surface area contributed by atoms with Gasteiger partial charge in [0.25, 0.3) is 0 Å². The lowest BCUT2D eigenvalue weighted by Gasteiger charge is -2.16. The SMILES string of the molecule is CCN(CC)c1ncc(CNCc2ccc(C(=O)O)cc2)s1. The third-order valence-corrected chi connectivity index (χ3v) is 4.46. The standard InChI is InChI=1S/C16H21N3O2S/c1-3-19(4-2)16-18-11-14(22-16)10-17-9-12-5-7-13(8-6-12)15(20)21/h5-8,11,17H,3-4,9-10H2,1-2H3,(H,20,21). The molecule has 0 aliphatic heterocycles. The summed E-state index contributed by atoms with van der Waals surface area (Å²) in [6.45, 7) is 7.66. The van der Waals surface area contributed by atoms with E-state index in [1.807, 2.05) is 18.3 Å². The van der Waals surface area contributed by atoms with E-state index in [9.17, 15) is 4.79 Å². The fourth-order valence-corrected chi connectivity index (χ4v) is 3.12. The van der Waals surface area contributed by atoms with Crippen LogP contribution in [-0.2, 0) is 13.1 Å². The van der Waals surface area contributed by atoms with Crippen molar-refractivity contribution in [1.82, 2.24) is 10.3 Å². The zero-order chi connectivity index (χ0) is 15.9. The van der Waals surface area contributed by atoms with Crippen LogP contribution in [0.1, 0.15) is 34.6 Å². The van der Waals surface area contributed by atoms with Gasteiger partial charge in [-0.1, -0.05) is 12.1 Å². The number of hydrogen-bond donors (Lipinski definition) is 2. The molecule has 1 aromatic heterocycles. The van der Waals surface area contributed by atoms with Gasteiger partial charge in [0, 0.05) is 37.3 Å². The molecule has 0 spiro atoms. The maximum atomic E-state index is 10.8. The molecule has 0 saturated heterocycles. The van der Waals surface area contributed by atoms with Gasteiger partial charge in [0.2, 0.25) is 0 Å². The lowest BCUT2D eigenvalue weighted by atomic mass is 10.1. The Labute approximate surface area is 134 Å². The lowest BCUT2D eigenvalue weighted by Crippen LogP contribution is -2.21. The fraction of sp³-hybridized carbons (Fsp3) is 0.375. The molecule has 0 bridgehead atoms. The van der Waals surface area contributed by atoms with Gasteiger partial charge in [-0.2, -0.15) is 0 Å². The first-order chi connectivity index (χ1) is 10.6. The first-order valence-corrected chi connectivity index (χ1v) is 8.18. The Morgan fingerprint density at radius 2 is 1.91 bits per heavy atom. The van der Waals surface area contributed by atoms with Gasteiger partial charge in [0.1, 0.15) is 0 Å². The van der Waals surface area contributed by atoms with E-state index in [-0.39, 0.29) is 0 Å². The minimum atomic E-state index is -0.895. The van der Waals surface area contributed by atoms with Crippen LogP contribution in [-0.4, -0.2) is 29.1 Å². The quantitative estimate of drug-likeness (QED) is 0.783. The van der Waals surface area contributed by atoms with Gasteiger partial charge in [0.15, 0.2) is 5.13 Å². The number of rotatable bonds is 8. The van der Waals surface area contributed by atoms with Crippen LogP contribution in [0.2, 0.25) is 0 Å². The van der Waals surface area contributed by atoms with Gasteiger partial charge in [0.05, 0.1) is 5.56 Å². The summed E-state index contributed by atoms with van der Waals surface area (Å²) >= 11 is 1.71. The van der Waals surface area contributed by atoms with Crippen molar-refractivity contribution in [1.29, 1.82) is 0 Å². The van der Waals surface area contributed by atoms with E-state index in [1.165, 1.54) is 4.88 Å². The van der Waals surface area contributed by atoms with Crippen LogP contribution in [0.3, 0.4) is 0 Å². The number of aromatic nitrogens is 1. The maximum absolute atomic E-state index is 10.8. The summed E-state index contributed by atoms with van der Waals surface area (Å²) in [5.74, 6) is -0.895. The van der Waals surface area contributed by atoms with Gasteiger partial charge >= 0.3 is 5.97 Å². The average Bonchev–Trinajstić information content (AvgIpc) is 2.98. The Kier molecular flexibility index (Phi) is 5.91. The van der Waals surface area contributed by atoms with Gasteiger partial charge in [-0.15, -0.1) is 11.3 Å². The lowest BCUT2D eigenvalue weighted by molar-refractivity contribution is 0.0697. The number of nitrogens with zero attached hydrogens (tertiary/aromatic N) is 2. The highest BCUT2D eigenvalue weighted by Crippen LogP contribution is 2.22. The van der Waals surface area contributed by atoms with Crippen molar-refractivity contribution in [2.45, 2.75) is 26.9 Å². The monoisotopic (exact) mass is 319 g/mol. The second-order valence-electron chi connectivity index (χ2n) is 4.89. The number of hydrogen-bond acceptors (Lipinski definition) is 5. The van der Waals surface area contributed by atoms with Gasteiger partial charge in [-0.3, -0.25) is 0 Å². The predicted octanol–water partition coefficient (Wildman–Crippen LogP) is 2.98. The number of carboxylic acid groups (broad SMARTS) is 1. The van der Waals surface area contributed by atoms with Crippen molar-refractivity contribution < 1.29 is 9.90 Å². The number of anilines is 1. The van der Waals surface area contributed by atoms with Crippen LogP contribution in [0, 0.1) is 0 Å². The summed E-state index contributed by atoms with van der Waals surface area (Å²) < 4.78 is 0. The molecule has 22 heavy (non-hydrogen) atoms. The molecule has 0 atom stereocenters. The number of thiazole rings is 1. The van der Waals surface area contributed by atoms with Gasteiger partial charge in [-0.25, -0.2) is 9.78 Å². The smallest absolute Gasteiger partial charge is 0.335 e. The Bertz CT molecular complexity index is 606. The molecule has 2 N–H and O–H groups in total. The predicted molar refractivity (Wildman–Crippen MR) is 89.6 cm³/mol. The molecule has 0 fully saturated rings. The molecule has 0 amide bonds. The Hall–Kier alpha value is -1.92. The highest BCUT2D eigenvalue weighted by Gasteiger charge is 2.07. The zero-order valence-corrected chi connectivity index (χ0v) is 13.7. The molecule has 2 aromatic rings. The van der Waals surface area contributed by atoms with Gasteiger partial charge in [-0.05, 0) is 31.5 Å². The van der Waals surface area contributed by atoms with E-state index in [2.05, 4.69) is 29.0 Å². The molecule has 2 rings (SSSR count).